The van der Waals surface area contributed by atoms with Crippen molar-refractivity contribution in [3.63, 3.8) is 0 Å². The first-order valence-electron chi connectivity index (χ1n) is 7.06. The Labute approximate surface area is 129 Å². The summed E-state index contributed by atoms with van der Waals surface area (Å²) in [6.45, 7) is 4.19. The number of carboxylic acid groups (broad SMARTS) is 1. The molecule has 0 radical (unpaired) electrons. The molecule has 6 nitrogen and oxygen atoms in total. The van der Waals surface area contributed by atoms with E-state index >= 15 is 0 Å². The zero-order chi connectivity index (χ0) is 15.6. The summed E-state index contributed by atoms with van der Waals surface area (Å²) < 4.78 is 28.3. The molecule has 0 unspecified atom stereocenters. The molecule has 0 saturated carbocycles. The molecule has 1 aliphatic carbocycles. The molecular formula is C13H20N2O4S2. The second kappa shape index (κ2) is 6.33. The van der Waals surface area contributed by atoms with Crippen molar-refractivity contribution in [3.8, 4) is 0 Å². The van der Waals surface area contributed by atoms with E-state index in [-0.39, 0.29) is 10.6 Å². The maximum Gasteiger partial charge on any atom is 0.339 e. The molecule has 1 heterocycles. The minimum absolute atomic E-state index is 0.130. The first-order valence-corrected chi connectivity index (χ1v) is 9.32. The van der Waals surface area contributed by atoms with Crippen molar-refractivity contribution in [2.75, 3.05) is 17.8 Å². The molecule has 118 valence electrons. The number of carbonyl (C=O) groups is 1. The Morgan fingerprint density at radius 1 is 1.29 bits per heavy atom. The van der Waals surface area contributed by atoms with Gasteiger partial charge in [0.25, 0.3) is 0 Å². The number of anilines is 1. The van der Waals surface area contributed by atoms with Crippen LogP contribution < -0.4 is 4.72 Å². The average molecular weight is 332 g/mol. The minimum Gasteiger partial charge on any atom is -0.478 e. The van der Waals surface area contributed by atoms with Gasteiger partial charge in [-0.25, -0.2) is 4.79 Å². The van der Waals surface area contributed by atoms with Gasteiger partial charge >= 0.3 is 16.2 Å². The third-order valence-electron chi connectivity index (χ3n) is 3.65. The minimum atomic E-state index is -3.70. The highest BCUT2D eigenvalue weighted by Gasteiger charge is 2.28. The molecule has 2 N–H and O–H groups in total. The normalized spacial score (nSPS) is 15.0. The highest BCUT2D eigenvalue weighted by atomic mass is 32.2. The number of aryl methyl sites for hydroxylation is 1. The molecular weight excluding hydrogens is 312 g/mol. The second-order valence-corrected chi connectivity index (χ2v) is 7.69. The molecule has 8 heteroatoms. The van der Waals surface area contributed by atoms with Gasteiger partial charge in [0.2, 0.25) is 0 Å². The number of hydrogen-bond acceptors (Lipinski definition) is 4. The highest BCUT2D eigenvalue weighted by Crippen LogP contribution is 2.38. The van der Waals surface area contributed by atoms with Gasteiger partial charge in [-0.1, -0.05) is 13.8 Å². The van der Waals surface area contributed by atoms with Crippen molar-refractivity contribution >= 4 is 32.5 Å². The van der Waals surface area contributed by atoms with E-state index < -0.39 is 16.2 Å². The smallest absolute Gasteiger partial charge is 0.339 e. The number of nitrogens with one attached hydrogen (secondary N) is 1. The Hall–Kier alpha value is -1.12. The van der Waals surface area contributed by atoms with Crippen LogP contribution in [0.3, 0.4) is 0 Å². The molecule has 0 amide bonds. The predicted octanol–water partition coefficient (Wildman–Crippen LogP) is 2.32. The number of rotatable bonds is 6. The number of nitrogens with zero attached hydrogens (tertiary/aromatic N) is 1. The van der Waals surface area contributed by atoms with E-state index in [4.69, 9.17) is 0 Å². The summed E-state index contributed by atoms with van der Waals surface area (Å²) in [5.41, 5.74) is 0.932. The van der Waals surface area contributed by atoms with Crippen molar-refractivity contribution in [1.29, 1.82) is 0 Å². The Morgan fingerprint density at radius 2 is 1.90 bits per heavy atom. The maximum absolute atomic E-state index is 12.3. The van der Waals surface area contributed by atoms with Crippen LogP contribution in [0.5, 0.6) is 0 Å². The van der Waals surface area contributed by atoms with Gasteiger partial charge in [0, 0.05) is 18.0 Å². The first kappa shape index (κ1) is 16.3. The van der Waals surface area contributed by atoms with E-state index in [9.17, 15) is 18.3 Å². The Bertz CT molecular complexity index is 633. The van der Waals surface area contributed by atoms with Crippen molar-refractivity contribution in [2.24, 2.45) is 0 Å². The number of carboxylic acids is 1. The van der Waals surface area contributed by atoms with Gasteiger partial charge in [-0.2, -0.15) is 12.7 Å². The van der Waals surface area contributed by atoms with Crippen molar-refractivity contribution in [3.05, 3.63) is 16.0 Å². The van der Waals surface area contributed by atoms with Crippen LogP contribution in [0.1, 0.15) is 47.5 Å². The monoisotopic (exact) mass is 332 g/mol. The molecule has 0 bridgehead atoms. The van der Waals surface area contributed by atoms with E-state index in [0.29, 0.717) is 19.5 Å². The molecule has 0 aliphatic heterocycles. The molecule has 0 spiro atoms. The van der Waals surface area contributed by atoms with E-state index in [1.807, 2.05) is 0 Å². The number of fused-ring (bicyclic) bond motifs is 1. The van der Waals surface area contributed by atoms with Crippen LogP contribution in [0.2, 0.25) is 0 Å². The molecule has 1 aromatic rings. The summed E-state index contributed by atoms with van der Waals surface area (Å²) in [5, 5.41) is 9.66. The molecule has 2 rings (SSSR count). The molecule has 0 saturated heterocycles. The zero-order valence-electron chi connectivity index (χ0n) is 12.2. The Morgan fingerprint density at radius 3 is 2.48 bits per heavy atom. The van der Waals surface area contributed by atoms with Crippen molar-refractivity contribution < 1.29 is 18.3 Å². The lowest BCUT2D eigenvalue weighted by Crippen LogP contribution is -2.35. The van der Waals surface area contributed by atoms with Crippen LogP contribution in [0, 0.1) is 0 Å². The Balaban J connectivity index is 2.40. The SMILES string of the molecule is CCN(CC)S(=O)(=O)Nc1sc2c(c1C(=O)O)CCCC2. The van der Waals surface area contributed by atoms with Crippen molar-refractivity contribution in [1.82, 2.24) is 4.31 Å². The van der Waals surface area contributed by atoms with E-state index in [1.54, 1.807) is 13.8 Å². The lowest BCUT2D eigenvalue weighted by atomic mass is 9.96. The van der Waals surface area contributed by atoms with Crippen molar-refractivity contribution in [2.45, 2.75) is 39.5 Å². The highest BCUT2D eigenvalue weighted by molar-refractivity contribution is 7.90. The van der Waals surface area contributed by atoms with Crippen LogP contribution in [0.15, 0.2) is 0 Å². The molecule has 1 aromatic heterocycles. The van der Waals surface area contributed by atoms with Crippen LogP contribution in [0.25, 0.3) is 0 Å². The fourth-order valence-electron chi connectivity index (χ4n) is 2.61. The summed E-state index contributed by atoms with van der Waals surface area (Å²) in [6, 6.07) is 0. The molecule has 0 fully saturated rings. The average Bonchev–Trinajstić information content (AvgIpc) is 2.76. The standard InChI is InChI=1S/C13H20N2O4S2/c1-3-15(4-2)21(18,19)14-12-11(13(16)17)9-7-5-6-8-10(9)20-12/h14H,3-8H2,1-2H3,(H,16,17). The number of aromatic carboxylic acids is 1. The van der Waals surface area contributed by atoms with E-state index in [2.05, 4.69) is 4.72 Å². The van der Waals surface area contributed by atoms with Gasteiger partial charge in [0.15, 0.2) is 0 Å². The van der Waals surface area contributed by atoms with Crippen LogP contribution in [-0.4, -0.2) is 36.9 Å². The summed E-state index contributed by atoms with van der Waals surface area (Å²) >= 11 is 1.26. The fourth-order valence-corrected chi connectivity index (χ4v) is 5.37. The largest absolute Gasteiger partial charge is 0.478 e. The van der Waals surface area contributed by atoms with Gasteiger partial charge < -0.3 is 5.11 Å². The summed E-state index contributed by atoms with van der Waals surface area (Å²) in [6.07, 6.45) is 3.51. The number of thiophene rings is 1. The summed E-state index contributed by atoms with van der Waals surface area (Å²) in [4.78, 5) is 12.5. The van der Waals surface area contributed by atoms with Gasteiger partial charge in [0.05, 0.1) is 5.56 Å². The first-order chi connectivity index (χ1) is 9.90. The topological polar surface area (TPSA) is 86.7 Å². The van der Waals surface area contributed by atoms with Gasteiger partial charge in [-0.05, 0) is 31.2 Å². The van der Waals surface area contributed by atoms with Crippen LogP contribution >= 0.6 is 11.3 Å². The third-order valence-corrected chi connectivity index (χ3v) is 6.65. The van der Waals surface area contributed by atoms with Gasteiger partial charge in [-0.3, -0.25) is 4.72 Å². The van der Waals surface area contributed by atoms with E-state index in [0.717, 1.165) is 29.7 Å². The summed E-state index contributed by atoms with van der Waals surface area (Å²) in [7, 11) is -3.70. The lowest BCUT2D eigenvalue weighted by molar-refractivity contribution is 0.0697. The summed E-state index contributed by atoms with van der Waals surface area (Å²) in [5.74, 6) is -1.06. The predicted molar refractivity (Wildman–Crippen MR) is 83.4 cm³/mol. The lowest BCUT2D eigenvalue weighted by Gasteiger charge is -2.19. The quantitative estimate of drug-likeness (QED) is 0.837. The fraction of sp³-hybridized carbons (Fsp3) is 0.615. The van der Waals surface area contributed by atoms with Crippen LogP contribution in [0.4, 0.5) is 5.00 Å². The zero-order valence-corrected chi connectivity index (χ0v) is 13.8. The van der Waals surface area contributed by atoms with Gasteiger partial charge in [0.1, 0.15) is 5.00 Å². The molecule has 0 aromatic carbocycles. The Kier molecular flexibility index (Phi) is 4.90. The van der Waals surface area contributed by atoms with Gasteiger partial charge in [-0.15, -0.1) is 11.3 Å². The maximum atomic E-state index is 12.3. The molecule has 21 heavy (non-hydrogen) atoms. The molecule has 0 atom stereocenters. The van der Waals surface area contributed by atoms with Crippen LogP contribution in [-0.2, 0) is 23.1 Å². The second-order valence-electron chi connectivity index (χ2n) is 4.91. The number of hydrogen-bond donors (Lipinski definition) is 2. The third kappa shape index (κ3) is 3.22. The van der Waals surface area contributed by atoms with E-state index in [1.165, 1.54) is 15.6 Å². The molecule has 1 aliphatic rings.